The predicted octanol–water partition coefficient (Wildman–Crippen LogP) is 5.15. The molecule has 1 nitrogen and oxygen atoms in total. The van der Waals surface area contributed by atoms with E-state index >= 15 is 0 Å². The highest BCUT2D eigenvalue weighted by molar-refractivity contribution is 6.31. The van der Waals surface area contributed by atoms with Gasteiger partial charge in [0.05, 0.1) is 0 Å². The number of halogens is 2. The zero-order valence-electron chi connectivity index (χ0n) is 12.4. The van der Waals surface area contributed by atoms with Crippen LogP contribution in [0, 0.1) is 0 Å². The van der Waals surface area contributed by atoms with Gasteiger partial charge in [-0.05, 0) is 56.0 Å². The molecule has 112 valence electrons. The van der Waals surface area contributed by atoms with Gasteiger partial charge in [-0.2, -0.15) is 0 Å². The standard InChI is InChI=1S/C18H21Cl2N/c1-13(11-15-7-9-17(19)10-8-15)21-14(2)12-16-5-3-4-6-18(16)20/h3-10,13-14,21H,11-12H2,1-2H3. The largest absolute Gasteiger partial charge is 0.311 e. The average molecular weight is 322 g/mol. The van der Waals surface area contributed by atoms with Crippen molar-refractivity contribution in [2.24, 2.45) is 0 Å². The molecule has 0 bridgehead atoms. The first kappa shape index (κ1) is 16.4. The van der Waals surface area contributed by atoms with E-state index in [1.165, 1.54) is 11.1 Å². The first-order valence-electron chi connectivity index (χ1n) is 7.28. The van der Waals surface area contributed by atoms with E-state index in [4.69, 9.17) is 23.2 Å². The maximum absolute atomic E-state index is 6.21. The summed E-state index contributed by atoms with van der Waals surface area (Å²) in [4.78, 5) is 0. The third-order valence-corrected chi connectivity index (χ3v) is 4.13. The first-order chi connectivity index (χ1) is 10.0. The fraction of sp³-hybridized carbons (Fsp3) is 0.333. The molecule has 0 spiro atoms. The van der Waals surface area contributed by atoms with Crippen LogP contribution in [0.3, 0.4) is 0 Å². The average Bonchev–Trinajstić information content (AvgIpc) is 2.44. The highest BCUT2D eigenvalue weighted by Gasteiger charge is 2.10. The Morgan fingerprint density at radius 3 is 2.14 bits per heavy atom. The zero-order valence-corrected chi connectivity index (χ0v) is 14.0. The first-order valence-corrected chi connectivity index (χ1v) is 8.04. The Hall–Kier alpha value is -1.02. The van der Waals surface area contributed by atoms with Crippen LogP contribution in [0.2, 0.25) is 10.0 Å². The minimum atomic E-state index is 0.382. The summed E-state index contributed by atoms with van der Waals surface area (Å²) in [5, 5.41) is 5.25. The summed E-state index contributed by atoms with van der Waals surface area (Å²) in [5.41, 5.74) is 2.49. The summed E-state index contributed by atoms with van der Waals surface area (Å²) in [7, 11) is 0. The van der Waals surface area contributed by atoms with Gasteiger partial charge in [0, 0.05) is 22.1 Å². The van der Waals surface area contributed by atoms with Crippen LogP contribution >= 0.6 is 23.2 Å². The molecule has 0 saturated carbocycles. The molecule has 1 N–H and O–H groups in total. The Morgan fingerprint density at radius 2 is 1.48 bits per heavy atom. The lowest BCUT2D eigenvalue weighted by Gasteiger charge is -2.20. The van der Waals surface area contributed by atoms with E-state index in [0.29, 0.717) is 12.1 Å². The van der Waals surface area contributed by atoms with Crippen molar-refractivity contribution in [3.63, 3.8) is 0 Å². The van der Waals surface area contributed by atoms with Crippen LogP contribution in [-0.4, -0.2) is 12.1 Å². The quantitative estimate of drug-likeness (QED) is 0.776. The highest BCUT2D eigenvalue weighted by Crippen LogP contribution is 2.17. The second-order valence-corrected chi connectivity index (χ2v) is 6.44. The molecular formula is C18H21Cl2N. The number of nitrogens with one attached hydrogen (secondary N) is 1. The van der Waals surface area contributed by atoms with Crippen molar-refractivity contribution in [2.45, 2.75) is 38.8 Å². The Balaban J connectivity index is 1.86. The van der Waals surface area contributed by atoms with Gasteiger partial charge in [0.15, 0.2) is 0 Å². The Labute approximate surface area is 137 Å². The van der Waals surface area contributed by atoms with E-state index in [9.17, 15) is 0 Å². The lowest BCUT2D eigenvalue weighted by atomic mass is 10.0. The molecule has 21 heavy (non-hydrogen) atoms. The molecule has 0 amide bonds. The van der Waals surface area contributed by atoms with Gasteiger partial charge in [-0.15, -0.1) is 0 Å². The van der Waals surface area contributed by atoms with Crippen LogP contribution in [-0.2, 0) is 12.8 Å². The predicted molar refractivity (Wildman–Crippen MR) is 92.4 cm³/mol. The summed E-state index contributed by atoms with van der Waals surface area (Å²) < 4.78 is 0. The van der Waals surface area contributed by atoms with Gasteiger partial charge < -0.3 is 5.32 Å². The molecule has 0 heterocycles. The molecule has 0 aromatic heterocycles. The van der Waals surface area contributed by atoms with E-state index in [1.807, 2.05) is 30.3 Å². The lowest BCUT2D eigenvalue weighted by Crippen LogP contribution is -2.37. The maximum atomic E-state index is 6.21. The van der Waals surface area contributed by atoms with E-state index in [1.54, 1.807) is 0 Å². The number of rotatable bonds is 6. The fourth-order valence-electron chi connectivity index (χ4n) is 2.57. The number of hydrogen-bond donors (Lipinski definition) is 1. The molecule has 0 aliphatic rings. The van der Waals surface area contributed by atoms with Gasteiger partial charge in [0.2, 0.25) is 0 Å². The third kappa shape index (κ3) is 5.35. The molecule has 3 heteroatoms. The minimum Gasteiger partial charge on any atom is -0.311 e. The van der Waals surface area contributed by atoms with Gasteiger partial charge >= 0.3 is 0 Å². The van der Waals surface area contributed by atoms with Crippen LogP contribution in [0.1, 0.15) is 25.0 Å². The molecule has 0 aliphatic carbocycles. The van der Waals surface area contributed by atoms with Gasteiger partial charge in [-0.25, -0.2) is 0 Å². The second kappa shape index (κ2) is 7.84. The molecule has 0 aliphatic heterocycles. The van der Waals surface area contributed by atoms with Gasteiger partial charge in [-0.3, -0.25) is 0 Å². The van der Waals surface area contributed by atoms with E-state index < -0.39 is 0 Å². The van der Waals surface area contributed by atoms with Crippen LogP contribution in [0.4, 0.5) is 0 Å². The zero-order chi connectivity index (χ0) is 15.2. The molecule has 0 fully saturated rings. The molecule has 0 radical (unpaired) electrons. The molecule has 2 aromatic rings. The van der Waals surface area contributed by atoms with Crippen LogP contribution in [0.15, 0.2) is 48.5 Å². The van der Waals surface area contributed by atoms with Crippen molar-refractivity contribution >= 4 is 23.2 Å². The summed E-state index contributed by atoms with van der Waals surface area (Å²) in [6.07, 6.45) is 1.93. The van der Waals surface area contributed by atoms with Crippen molar-refractivity contribution in [1.82, 2.24) is 5.32 Å². The SMILES string of the molecule is CC(Cc1ccc(Cl)cc1)NC(C)Cc1ccccc1Cl. The summed E-state index contributed by atoms with van der Waals surface area (Å²) in [6.45, 7) is 4.40. The van der Waals surface area contributed by atoms with E-state index in [2.05, 4.69) is 37.4 Å². The lowest BCUT2D eigenvalue weighted by molar-refractivity contribution is 0.462. The monoisotopic (exact) mass is 321 g/mol. The highest BCUT2D eigenvalue weighted by atomic mass is 35.5. The van der Waals surface area contributed by atoms with Gasteiger partial charge in [0.25, 0.3) is 0 Å². The number of benzene rings is 2. The molecule has 2 atom stereocenters. The van der Waals surface area contributed by atoms with Crippen molar-refractivity contribution in [3.8, 4) is 0 Å². The minimum absolute atomic E-state index is 0.382. The summed E-state index contributed by atoms with van der Waals surface area (Å²) in [6, 6.07) is 16.9. The van der Waals surface area contributed by atoms with Crippen molar-refractivity contribution in [3.05, 3.63) is 69.7 Å². The second-order valence-electron chi connectivity index (χ2n) is 5.59. The third-order valence-electron chi connectivity index (χ3n) is 3.51. The summed E-state index contributed by atoms with van der Waals surface area (Å²) >= 11 is 12.1. The molecule has 2 aromatic carbocycles. The Bertz CT molecular complexity index is 566. The fourth-order valence-corrected chi connectivity index (χ4v) is 2.91. The molecule has 0 saturated heterocycles. The smallest absolute Gasteiger partial charge is 0.0438 e. The van der Waals surface area contributed by atoms with Gasteiger partial charge in [0.1, 0.15) is 0 Å². The Kier molecular flexibility index (Phi) is 6.10. The topological polar surface area (TPSA) is 12.0 Å². The van der Waals surface area contributed by atoms with E-state index in [0.717, 1.165) is 22.9 Å². The van der Waals surface area contributed by atoms with Crippen molar-refractivity contribution < 1.29 is 0 Å². The van der Waals surface area contributed by atoms with E-state index in [-0.39, 0.29) is 0 Å². The summed E-state index contributed by atoms with van der Waals surface area (Å²) in [5.74, 6) is 0. The van der Waals surface area contributed by atoms with Gasteiger partial charge in [-0.1, -0.05) is 53.5 Å². The Morgan fingerprint density at radius 1 is 0.857 bits per heavy atom. The van der Waals surface area contributed by atoms with Crippen LogP contribution in [0.5, 0.6) is 0 Å². The molecular weight excluding hydrogens is 301 g/mol. The molecule has 2 unspecified atom stereocenters. The molecule has 2 rings (SSSR count). The van der Waals surface area contributed by atoms with Crippen LogP contribution in [0.25, 0.3) is 0 Å². The van der Waals surface area contributed by atoms with Crippen LogP contribution < -0.4 is 5.32 Å². The number of hydrogen-bond acceptors (Lipinski definition) is 1. The van der Waals surface area contributed by atoms with Crippen molar-refractivity contribution in [2.75, 3.05) is 0 Å². The maximum Gasteiger partial charge on any atom is 0.0438 e. The normalized spacial score (nSPS) is 13.9. The van der Waals surface area contributed by atoms with Crippen molar-refractivity contribution in [1.29, 1.82) is 0 Å².